The minimum absolute atomic E-state index is 0.00540. The third-order valence-corrected chi connectivity index (χ3v) is 5.71. The molecule has 2 rings (SSSR count). The van der Waals surface area contributed by atoms with Gasteiger partial charge in [-0.15, -0.1) is 0 Å². The van der Waals surface area contributed by atoms with Crippen molar-refractivity contribution in [1.29, 1.82) is 0 Å². The molecule has 0 aromatic carbocycles. The highest BCUT2D eigenvalue weighted by molar-refractivity contribution is 7.09. The summed E-state index contributed by atoms with van der Waals surface area (Å²) in [7, 11) is 1.71. The monoisotopic (exact) mass is 341 g/mol. The zero-order chi connectivity index (χ0) is 16.9. The van der Waals surface area contributed by atoms with Crippen LogP contribution in [0.2, 0.25) is 0 Å². The van der Waals surface area contributed by atoms with Gasteiger partial charge in [-0.05, 0) is 39.8 Å². The van der Waals surface area contributed by atoms with E-state index in [1.54, 1.807) is 11.7 Å². The van der Waals surface area contributed by atoms with Crippen molar-refractivity contribution >= 4 is 17.2 Å². The van der Waals surface area contributed by atoms with E-state index >= 15 is 0 Å². The number of carbonyl (C=O) groups excluding carboxylic acids is 1. The summed E-state index contributed by atoms with van der Waals surface area (Å²) >= 11 is 1.24. The lowest BCUT2D eigenvalue weighted by Gasteiger charge is -2.37. The molecule has 130 valence electrons. The third kappa shape index (κ3) is 4.65. The molecule has 1 amide bonds. The van der Waals surface area contributed by atoms with Crippen LogP contribution >= 0.6 is 11.3 Å². The molecule has 1 fully saturated rings. The van der Waals surface area contributed by atoms with Gasteiger partial charge >= 0.3 is 4.87 Å². The van der Waals surface area contributed by atoms with Crippen LogP contribution in [0.1, 0.15) is 29.8 Å². The maximum Gasteiger partial charge on any atom is 0.307 e. The number of amides is 1. The predicted molar refractivity (Wildman–Crippen MR) is 92.1 cm³/mol. The summed E-state index contributed by atoms with van der Waals surface area (Å²) in [5, 5.41) is 6.38. The first-order valence-electron chi connectivity index (χ1n) is 8.11. The molecule has 2 heterocycles. The summed E-state index contributed by atoms with van der Waals surface area (Å²) in [5.74, 6) is -0.00540. The summed E-state index contributed by atoms with van der Waals surface area (Å²) in [6.07, 6.45) is 2.34. The van der Waals surface area contributed by atoms with Gasteiger partial charge in [-0.1, -0.05) is 11.3 Å². The molecule has 6 nitrogen and oxygen atoms in total. The van der Waals surface area contributed by atoms with Crippen LogP contribution in [0, 0.1) is 19.3 Å². The van der Waals surface area contributed by atoms with Crippen LogP contribution in [0.5, 0.6) is 0 Å². The summed E-state index contributed by atoms with van der Waals surface area (Å²) in [6, 6.07) is 0. The number of nitrogens with zero attached hydrogens (tertiary/aromatic N) is 1. The van der Waals surface area contributed by atoms with E-state index in [0.717, 1.165) is 36.5 Å². The van der Waals surface area contributed by atoms with Crippen LogP contribution in [-0.4, -0.2) is 43.8 Å². The molecule has 1 aromatic heterocycles. The first-order valence-corrected chi connectivity index (χ1v) is 8.92. The smallest absolute Gasteiger partial charge is 0.307 e. The zero-order valence-corrected chi connectivity index (χ0v) is 15.1. The lowest BCUT2D eigenvalue weighted by atomic mass is 9.79. The molecule has 7 heteroatoms. The Balaban J connectivity index is 1.85. The van der Waals surface area contributed by atoms with Gasteiger partial charge in [0.15, 0.2) is 0 Å². The van der Waals surface area contributed by atoms with Gasteiger partial charge in [0, 0.05) is 42.6 Å². The third-order valence-electron chi connectivity index (χ3n) is 4.71. The number of hydrogen-bond acceptors (Lipinski definition) is 5. The Kier molecular flexibility index (Phi) is 6.38. The molecule has 1 aliphatic rings. The largest absolute Gasteiger partial charge is 0.384 e. The second-order valence-electron chi connectivity index (χ2n) is 6.37. The fraction of sp³-hybridized carbons (Fsp3) is 0.750. The Morgan fingerprint density at radius 3 is 2.65 bits per heavy atom. The molecule has 1 aromatic rings. The van der Waals surface area contributed by atoms with Crippen molar-refractivity contribution in [2.45, 2.75) is 39.7 Å². The summed E-state index contributed by atoms with van der Waals surface area (Å²) in [5.41, 5.74) is 0.989. The molecule has 1 aliphatic heterocycles. The van der Waals surface area contributed by atoms with Gasteiger partial charge < -0.3 is 19.9 Å². The molecule has 1 saturated heterocycles. The van der Waals surface area contributed by atoms with E-state index in [4.69, 9.17) is 4.74 Å². The topological polar surface area (TPSA) is 72.4 Å². The van der Waals surface area contributed by atoms with Crippen molar-refractivity contribution < 1.29 is 9.53 Å². The van der Waals surface area contributed by atoms with Crippen LogP contribution in [0.3, 0.4) is 0 Å². The summed E-state index contributed by atoms with van der Waals surface area (Å²) in [6.45, 7) is 7.52. The number of aryl methyl sites for hydroxylation is 1. The Morgan fingerprint density at radius 1 is 1.39 bits per heavy atom. The van der Waals surface area contributed by atoms with Crippen LogP contribution in [0.15, 0.2) is 4.79 Å². The highest BCUT2D eigenvalue weighted by atomic mass is 32.1. The van der Waals surface area contributed by atoms with Crippen LogP contribution in [0.25, 0.3) is 0 Å². The standard InChI is InChI=1S/C16H27N3O3S/c1-12-13(2)23-15(21)19(12)9-4-14(20)18-10-16(11-22-3)5-7-17-8-6-16/h17H,4-11H2,1-3H3,(H,18,20). The first-order chi connectivity index (χ1) is 11.0. The Labute approximate surface area is 141 Å². The molecule has 23 heavy (non-hydrogen) atoms. The van der Waals surface area contributed by atoms with Crippen LogP contribution in [-0.2, 0) is 16.1 Å². The van der Waals surface area contributed by atoms with Crippen LogP contribution < -0.4 is 15.5 Å². The second kappa shape index (κ2) is 8.08. The molecule has 0 aliphatic carbocycles. The maximum atomic E-state index is 12.2. The van der Waals surface area contributed by atoms with E-state index in [9.17, 15) is 9.59 Å². The number of hydrogen-bond donors (Lipinski definition) is 2. The number of aromatic nitrogens is 1. The highest BCUT2D eigenvalue weighted by Gasteiger charge is 2.32. The van der Waals surface area contributed by atoms with E-state index in [1.165, 1.54) is 11.3 Å². The van der Waals surface area contributed by atoms with Gasteiger partial charge in [-0.2, -0.15) is 0 Å². The SMILES string of the molecule is COCC1(CNC(=O)CCn2c(C)c(C)sc2=O)CCNCC1. The lowest BCUT2D eigenvalue weighted by Crippen LogP contribution is -2.47. The predicted octanol–water partition coefficient (Wildman–Crippen LogP) is 1.05. The summed E-state index contributed by atoms with van der Waals surface area (Å²) in [4.78, 5) is 25.0. The van der Waals surface area contributed by atoms with Crippen molar-refractivity contribution in [3.63, 3.8) is 0 Å². The molecule has 0 radical (unpaired) electrons. The normalized spacial score (nSPS) is 17.2. The van der Waals surface area contributed by atoms with Gasteiger partial charge in [-0.25, -0.2) is 0 Å². The Hall–Kier alpha value is -1.18. The van der Waals surface area contributed by atoms with E-state index in [2.05, 4.69) is 10.6 Å². The van der Waals surface area contributed by atoms with Crippen molar-refractivity contribution in [3.05, 3.63) is 20.2 Å². The van der Waals surface area contributed by atoms with Gasteiger partial charge in [0.2, 0.25) is 5.91 Å². The van der Waals surface area contributed by atoms with E-state index < -0.39 is 0 Å². The number of carbonyl (C=O) groups is 1. The van der Waals surface area contributed by atoms with E-state index in [1.807, 2.05) is 13.8 Å². The minimum atomic E-state index is -0.00540. The molecule has 0 unspecified atom stereocenters. The van der Waals surface area contributed by atoms with Crippen molar-refractivity contribution in [1.82, 2.24) is 15.2 Å². The van der Waals surface area contributed by atoms with E-state index in [0.29, 0.717) is 26.1 Å². The first kappa shape index (κ1) is 18.2. The molecular formula is C16H27N3O3S. The average molecular weight is 341 g/mol. The van der Waals surface area contributed by atoms with Gasteiger partial charge in [0.05, 0.1) is 6.61 Å². The van der Waals surface area contributed by atoms with Crippen LogP contribution in [0.4, 0.5) is 0 Å². The average Bonchev–Trinajstić information content (AvgIpc) is 2.77. The number of thiazole rings is 1. The quantitative estimate of drug-likeness (QED) is 0.778. The van der Waals surface area contributed by atoms with Gasteiger partial charge in [0.1, 0.15) is 0 Å². The number of rotatable bonds is 7. The van der Waals surface area contributed by atoms with Crippen molar-refractivity contribution in [2.24, 2.45) is 5.41 Å². The number of piperidine rings is 1. The molecular weight excluding hydrogens is 314 g/mol. The number of nitrogens with one attached hydrogen (secondary N) is 2. The van der Waals surface area contributed by atoms with Gasteiger partial charge in [-0.3, -0.25) is 9.59 Å². The lowest BCUT2D eigenvalue weighted by molar-refractivity contribution is -0.122. The number of methoxy groups -OCH3 is 1. The van der Waals surface area contributed by atoms with E-state index in [-0.39, 0.29) is 16.2 Å². The summed E-state index contributed by atoms with van der Waals surface area (Å²) < 4.78 is 7.05. The Bertz CT molecular complexity index is 582. The molecule has 0 spiro atoms. The van der Waals surface area contributed by atoms with Crippen molar-refractivity contribution in [3.8, 4) is 0 Å². The molecule has 0 atom stereocenters. The Morgan fingerprint density at radius 2 is 2.09 bits per heavy atom. The molecule has 2 N–H and O–H groups in total. The molecule has 0 bridgehead atoms. The fourth-order valence-corrected chi connectivity index (χ4v) is 3.93. The molecule has 0 saturated carbocycles. The maximum absolute atomic E-state index is 12.2. The highest BCUT2D eigenvalue weighted by Crippen LogP contribution is 2.28. The van der Waals surface area contributed by atoms with Gasteiger partial charge in [0.25, 0.3) is 0 Å². The zero-order valence-electron chi connectivity index (χ0n) is 14.2. The minimum Gasteiger partial charge on any atom is -0.384 e. The second-order valence-corrected chi connectivity index (χ2v) is 7.54. The fourth-order valence-electron chi connectivity index (χ4n) is 3.07. The number of ether oxygens (including phenoxy) is 1. The van der Waals surface area contributed by atoms with Crippen molar-refractivity contribution in [2.75, 3.05) is 33.4 Å².